The smallest absolute Gasteiger partial charge is 0.412 e. The van der Waals surface area contributed by atoms with E-state index in [1.807, 2.05) is 18.2 Å². The standard InChI is InChI=1S/C18H20N4O2/c19-17-20-8-7-13(21-17)9-12-3-5-14-15(10-12)22-18(23)24-16(14)6-4-11-1-2-11/h3,5,7-8,10-11,16H,1-2,4,6,9H2,(H,22,23)(H2,19,20,21)/t16-/m0/s1. The summed E-state index contributed by atoms with van der Waals surface area (Å²) >= 11 is 0. The third-order valence-corrected chi connectivity index (χ3v) is 4.60. The Morgan fingerprint density at radius 1 is 1.25 bits per heavy atom. The zero-order chi connectivity index (χ0) is 16.5. The molecule has 2 aliphatic rings. The van der Waals surface area contributed by atoms with E-state index in [9.17, 15) is 4.79 Å². The molecule has 1 atom stereocenters. The van der Waals surface area contributed by atoms with Crippen LogP contribution in [0.1, 0.15) is 48.6 Å². The first-order chi connectivity index (χ1) is 11.7. The predicted molar refractivity (Wildman–Crippen MR) is 90.5 cm³/mol. The molecule has 3 N–H and O–H groups in total. The molecule has 24 heavy (non-hydrogen) atoms. The number of benzene rings is 1. The number of nitrogens with two attached hydrogens (primary N) is 1. The quantitative estimate of drug-likeness (QED) is 0.879. The monoisotopic (exact) mass is 324 g/mol. The Morgan fingerprint density at radius 2 is 2.12 bits per heavy atom. The van der Waals surface area contributed by atoms with Crippen molar-refractivity contribution in [2.24, 2.45) is 5.92 Å². The van der Waals surface area contributed by atoms with Crippen molar-refractivity contribution in [1.82, 2.24) is 9.97 Å². The second-order valence-electron chi connectivity index (χ2n) is 6.54. The van der Waals surface area contributed by atoms with Crippen LogP contribution in [0.15, 0.2) is 30.5 Å². The van der Waals surface area contributed by atoms with Gasteiger partial charge in [-0.15, -0.1) is 0 Å². The Hall–Kier alpha value is -2.63. The number of nitrogen functional groups attached to an aromatic ring is 1. The van der Waals surface area contributed by atoms with Crippen molar-refractivity contribution in [2.75, 3.05) is 11.1 Å². The molecule has 0 unspecified atom stereocenters. The summed E-state index contributed by atoms with van der Waals surface area (Å²) in [6, 6.07) is 7.95. The van der Waals surface area contributed by atoms with Crippen LogP contribution in [0.25, 0.3) is 0 Å². The summed E-state index contributed by atoms with van der Waals surface area (Å²) in [5.41, 5.74) is 9.44. The molecular weight excluding hydrogens is 304 g/mol. The maximum atomic E-state index is 11.8. The van der Waals surface area contributed by atoms with Crippen molar-refractivity contribution in [2.45, 2.75) is 38.2 Å². The third kappa shape index (κ3) is 3.32. The molecule has 1 fully saturated rings. The second-order valence-corrected chi connectivity index (χ2v) is 6.54. The van der Waals surface area contributed by atoms with E-state index >= 15 is 0 Å². The minimum absolute atomic E-state index is 0.141. The lowest BCUT2D eigenvalue weighted by molar-refractivity contribution is 0.0985. The lowest BCUT2D eigenvalue weighted by Gasteiger charge is -2.26. The second kappa shape index (κ2) is 6.11. The number of ether oxygens (including phenoxy) is 1. The molecule has 1 amide bonds. The van der Waals surface area contributed by atoms with Crippen molar-refractivity contribution in [3.63, 3.8) is 0 Å². The van der Waals surface area contributed by atoms with Gasteiger partial charge in [0.2, 0.25) is 5.95 Å². The topological polar surface area (TPSA) is 90.1 Å². The van der Waals surface area contributed by atoms with Gasteiger partial charge >= 0.3 is 6.09 Å². The molecule has 0 radical (unpaired) electrons. The number of nitrogens with one attached hydrogen (secondary N) is 1. The molecule has 1 aliphatic heterocycles. The fourth-order valence-electron chi connectivity index (χ4n) is 3.16. The largest absolute Gasteiger partial charge is 0.441 e. The van der Waals surface area contributed by atoms with Gasteiger partial charge in [0, 0.05) is 18.2 Å². The molecule has 6 nitrogen and oxygen atoms in total. The molecule has 6 heteroatoms. The van der Waals surface area contributed by atoms with Crippen molar-refractivity contribution in [3.05, 3.63) is 47.3 Å². The first-order valence-electron chi connectivity index (χ1n) is 8.35. The molecular formula is C18H20N4O2. The number of anilines is 2. The highest BCUT2D eigenvalue weighted by atomic mass is 16.6. The molecule has 1 aliphatic carbocycles. The number of carbonyl (C=O) groups excluding carboxylic acids is 1. The van der Waals surface area contributed by atoms with Crippen LogP contribution in [-0.2, 0) is 11.2 Å². The Balaban J connectivity index is 1.54. The van der Waals surface area contributed by atoms with E-state index in [-0.39, 0.29) is 18.1 Å². The summed E-state index contributed by atoms with van der Waals surface area (Å²) in [4.78, 5) is 20.0. The molecule has 4 rings (SSSR count). The van der Waals surface area contributed by atoms with E-state index in [4.69, 9.17) is 10.5 Å². The van der Waals surface area contributed by atoms with E-state index in [0.717, 1.165) is 41.3 Å². The zero-order valence-corrected chi connectivity index (χ0v) is 13.4. The molecule has 124 valence electrons. The Kier molecular flexibility index (Phi) is 3.80. The summed E-state index contributed by atoms with van der Waals surface area (Å²) in [7, 11) is 0. The van der Waals surface area contributed by atoms with Gasteiger partial charge in [-0.1, -0.05) is 25.0 Å². The minimum atomic E-state index is -0.369. The van der Waals surface area contributed by atoms with Gasteiger partial charge < -0.3 is 10.5 Å². The number of hydrogen-bond acceptors (Lipinski definition) is 5. The van der Waals surface area contributed by atoms with Gasteiger partial charge in [-0.2, -0.15) is 0 Å². The molecule has 1 aromatic carbocycles. The number of carbonyl (C=O) groups is 1. The summed E-state index contributed by atoms with van der Waals surface area (Å²) < 4.78 is 5.48. The van der Waals surface area contributed by atoms with Crippen LogP contribution in [-0.4, -0.2) is 16.1 Å². The minimum Gasteiger partial charge on any atom is -0.441 e. The molecule has 2 heterocycles. The molecule has 1 saturated carbocycles. The maximum Gasteiger partial charge on any atom is 0.412 e. The third-order valence-electron chi connectivity index (χ3n) is 4.60. The predicted octanol–water partition coefficient (Wildman–Crippen LogP) is 3.44. The van der Waals surface area contributed by atoms with Crippen molar-refractivity contribution in [3.8, 4) is 0 Å². The van der Waals surface area contributed by atoms with Crippen LogP contribution >= 0.6 is 0 Å². The van der Waals surface area contributed by atoms with Gasteiger partial charge in [0.1, 0.15) is 6.10 Å². The van der Waals surface area contributed by atoms with Crippen molar-refractivity contribution < 1.29 is 9.53 Å². The number of fused-ring (bicyclic) bond motifs is 1. The van der Waals surface area contributed by atoms with Gasteiger partial charge in [-0.3, -0.25) is 5.32 Å². The number of rotatable bonds is 5. The average molecular weight is 324 g/mol. The summed E-state index contributed by atoms with van der Waals surface area (Å²) in [5, 5.41) is 2.81. The molecule has 0 saturated heterocycles. The van der Waals surface area contributed by atoms with Crippen LogP contribution in [0.3, 0.4) is 0 Å². The van der Waals surface area contributed by atoms with Gasteiger partial charge in [0.15, 0.2) is 0 Å². The SMILES string of the molecule is Nc1nccc(Cc2ccc3c(c2)NC(=O)O[C@H]3CCC2CC2)n1. The van der Waals surface area contributed by atoms with E-state index in [2.05, 4.69) is 21.4 Å². The van der Waals surface area contributed by atoms with Gasteiger partial charge in [-0.25, -0.2) is 14.8 Å². The number of aromatic nitrogens is 2. The summed E-state index contributed by atoms with van der Waals surface area (Å²) in [6.45, 7) is 0. The van der Waals surface area contributed by atoms with Gasteiger partial charge in [-0.05, 0) is 36.5 Å². The normalized spacial score (nSPS) is 19.3. The number of hydrogen-bond donors (Lipinski definition) is 2. The van der Waals surface area contributed by atoms with Gasteiger partial charge in [0.25, 0.3) is 0 Å². The van der Waals surface area contributed by atoms with E-state index in [1.165, 1.54) is 12.8 Å². The molecule has 1 aromatic heterocycles. The highest BCUT2D eigenvalue weighted by molar-refractivity contribution is 5.88. The first kappa shape index (κ1) is 14.9. The van der Waals surface area contributed by atoms with Crippen molar-refractivity contribution >= 4 is 17.7 Å². The Labute approximate surface area is 140 Å². The van der Waals surface area contributed by atoms with Crippen LogP contribution in [0.2, 0.25) is 0 Å². The van der Waals surface area contributed by atoms with E-state index in [1.54, 1.807) is 6.20 Å². The van der Waals surface area contributed by atoms with E-state index < -0.39 is 0 Å². The lowest BCUT2D eigenvalue weighted by Crippen LogP contribution is -2.24. The Morgan fingerprint density at radius 3 is 2.92 bits per heavy atom. The summed E-state index contributed by atoms with van der Waals surface area (Å²) in [6.07, 6.45) is 6.43. The molecule has 0 spiro atoms. The van der Waals surface area contributed by atoms with Crippen LogP contribution in [0.5, 0.6) is 0 Å². The number of amides is 1. The van der Waals surface area contributed by atoms with E-state index in [0.29, 0.717) is 6.42 Å². The maximum absolute atomic E-state index is 11.8. The van der Waals surface area contributed by atoms with Gasteiger partial charge in [0.05, 0.1) is 11.4 Å². The highest BCUT2D eigenvalue weighted by Crippen LogP contribution is 2.40. The Bertz CT molecular complexity index is 773. The number of cyclic esters (lactones) is 1. The average Bonchev–Trinajstić information content (AvgIpc) is 3.36. The summed E-state index contributed by atoms with van der Waals surface area (Å²) in [5.74, 6) is 1.09. The molecule has 2 aromatic rings. The van der Waals surface area contributed by atoms with Crippen LogP contribution < -0.4 is 11.1 Å². The number of nitrogens with zero attached hydrogens (tertiary/aromatic N) is 2. The molecule has 0 bridgehead atoms. The zero-order valence-electron chi connectivity index (χ0n) is 13.4. The highest BCUT2D eigenvalue weighted by Gasteiger charge is 2.29. The van der Waals surface area contributed by atoms with Crippen LogP contribution in [0, 0.1) is 5.92 Å². The van der Waals surface area contributed by atoms with Crippen LogP contribution in [0.4, 0.5) is 16.4 Å². The lowest BCUT2D eigenvalue weighted by atomic mass is 9.97. The van der Waals surface area contributed by atoms with Crippen molar-refractivity contribution in [1.29, 1.82) is 0 Å². The fourth-order valence-corrected chi connectivity index (χ4v) is 3.16. The first-order valence-corrected chi connectivity index (χ1v) is 8.35. The fraction of sp³-hybridized carbons (Fsp3) is 0.389.